The molecular formula is C15H22FN3O4S. The number of sulfonamides is 1. The second-order valence-corrected chi connectivity index (χ2v) is 7.12. The highest BCUT2D eigenvalue weighted by atomic mass is 32.2. The minimum absolute atomic E-state index is 0.135. The van der Waals surface area contributed by atoms with Crippen LogP contribution in [0.25, 0.3) is 0 Å². The predicted octanol–water partition coefficient (Wildman–Crippen LogP) is 0.186. The second-order valence-electron chi connectivity index (χ2n) is 5.35. The van der Waals surface area contributed by atoms with E-state index in [2.05, 4.69) is 14.9 Å². The van der Waals surface area contributed by atoms with Crippen molar-refractivity contribution < 1.29 is 22.3 Å². The lowest BCUT2D eigenvalue weighted by molar-refractivity contribution is 0.0383. The summed E-state index contributed by atoms with van der Waals surface area (Å²) < 4.78 is 45.3. The molecule has 0 atom stereocenters. The summed E-state index contributed by atoms with van der Waals surface area (Å²) in [5.41, 5.74) is -0.282. The zero-order valence-electron chi connectivity index (χ0n) is 13.5. The maximum absolute atomic E-state index is 13.9. The van der Waals surface area contributed by atoms with Crippen LogP contribution in [0.3, 0.4) is 0 Å². The van der Waals surface area contributed by atoms with Crippen molar-refractivity contribution in [3.05, 3.63) is 29.6 Å². The quantitative estimate of drug-likeness (QED) is 0.725. The van der Waals surface area contributed by atoms with E-state index in [-0.39, 0.29) is 17.0 Å². The van der Waals surface area contributed by atoms with E-state index in [1.165, 1.54) is 0 Å². The number of morpholine rings is 1. The molecule has 1 aromatic carbocycles. The van der Waals surface area contributed by atoms with Gasteiger partial charge in [0.05, 0.1) is 23.7 Å². The second kappa shape index (κ2) is 8.52. The SMILES string of the molecule is CCNS(=O)(=O)c1ccc(F)c(C(=O)NCCN2CCOCC2)c1. The molecule has 1 saturated heterocycles. The van der Waals surface area contributed by atoms with Crippen LogP contribution in [0.5, 0.6) is 0 Å². The summed E-state index contributed by atoms with van der Waals surface area (Å²) in [5, 5.41) is 2.62. The summed E-state index contributed by atoms with van der Waals surface area (Å²) in [6.45, 7) is 5.73. The Balaban J connectivity index is 2.00. The smallest absolute Gasteiger partial charge is 0.254 e. The van der Waals surface area contributed by atoms with Gasteiger partial charge in [0.1, 0.15) is 5.82 Å². The van der Waals surface area contributed by atoms with Gasteiger partial charge in [0, 0.05) is 32.7 Å². The first-order chi connectivity index (χ1) is 11.4. The van der Waals surface area contributed by atoms with Crippen molar-refractivity contribution >= 4 is 15.9 Å². The van der Waals surface area contributed by atoms with Gasteiger partial charge in [-0.05, 0) is 18.2 Å². The average molecular weight is 359 g/mol. The summed E-state index contributed by atoms with van der Waals surface area (Å²) in [7, 11) is -3.74. The Hall–Kier alpha value is -1.55. The molecule has 7 nitrogen and oxygen atoms in total. The van der Waals surface area contributed by atoms with Crippen molar-refractivity contribution in [2.75, 3.05) is 45.9 Å². The fraction of sp³-hybridized carbons (Fsp3) is 0.533. The van der Waals surface area contributed by atoms with Crippen molar-refractivity contribution in [3.63, 3.8) is 0 Å². The molecule has 0 unspecified atom stereocenters. The molecule has 0 aliphatic carbocycles. The number of ether oxygens (including phenoxy) is 1. The van der Waals surface area contributed by atoms with Crippen LogP contribution in [-0.2, 0) is 14.8 Å². The van der Waals surface area contributed by atoms with Crippen LogP contribution >= 0.6 is 0 Å². The Bertz CT molecular complexity index is 675. The molecule has 0 saturated carbocycles. The van der Waals surface area contributed by atoms with Gasteiger partial charge in [-0.15, -0.1) is 0 Å². The van der Waals surface area contributed by atoms with Gasteiger partial charge in [0.2, 0.25) is 10.0 Å². The summed E-state index contributed by atoms with van der Waals surface area (Å²) in [6, 6.07) is 3.18. The number of amides is 1. The van der Waals surface area contributed by atoms with Crippen molar-refractivity contribution in [2.24, 2.45) is 0 Å². The van der Waals surface area contributed by atoms with Crippen LogP contribution in [0.4, 0.5) is 4.39 Å². The Morgan fingerprint density at radius 2 is 2.04 bits per heavy atom. The number of benzene rings is 1. The maximum atomic E-state index is 13.9. The topological polar surface area (TPSA) is 87.7 Å². The number of hydrogen-bond donors (Lipinski definition) is 2. The maximum Gasteiger partial charge on any atom is 0.254 e. The van der Waals surface area contributed by atoms with E-state index in [0.29, 0.717) is 26.3 Å². The number of carbonyl (C=O) groups excluding carboxylic acids is 1. The average Bonchev–Trinajstić information content (AvgIpc) is 2.56. The van der Waals surface area contributed by atoms with Crippen LogP contribution < -0.4 is 10.0 Å². The number of nitrogens with zero attached hydrogens (tertiary/aromatic N) is 1. The third-order valence-corrected chi connectivity index (χ3v) is 5.19. The molecule has 24 heavy (non-hydrogen) atoms. The van der Waals surface area contributed by atoms with Gasteiger partial charge in [-0.1, -0.05) is 6.92 Å². The van der Waals surface area contributed by atoms with Crippen LogP contribution in [0, 0.1) is 5.82 Å². The molecule has 1 fully saturated rings. The van der Waals surface area contributed by atoms with Gasteiger partial charge >= 0.3 is 0 Å². The van der Waals surface area contributed by atoms with E-state index in [0.717, 1.165) is 31.3 Å². The number of halogens is 1. The molecule has 1 heterocycles. The summed E-state index contributed by atoms with van der Waals surface area (Å²) in [4.78, 5) is 14.1. The van der Waals surface area contributed by atoms with Crippen LogP contribution in [0.2, 0.25) is 0 Å². The zero-order valence-corrected chi connectivity index (χ0v) is 14.4. The van der Waals surface area contributed by atoms with Gasteiger partial charge in [0.25, 0.3) is 5.91 Å². The van der Waals surface area contributed by atoms with Crippen molar-refractivity contribution in [1.29, 1.82) is 0 Å². The molecule has 1 aliphatic rings. The monoisotopic (exact) mass is 359 g/mol. The van der Waals surface area contributed by atoms with Gasteiger partial charge in [-0.2, -0.15) is 0 Å². The Labute approximate surface area is 141 Å². The highest BCUT2D eigenvalue weighted by Gasteiger charge is 2.19. The van der Waals surface area contributed by atoms with E-state index >= 15 is 0 Å². The normalized spacial score (nSPS) is 16.1. The third kappa shape index (κ3) is 4.97. The van der Waals surface area contributed by atoms with Crippen molar-refractivity contribution in [2.45, 2.75) is 11.8 Å². The lowest BCUT2D eigenvalue weighted by Crippen LogP contribution is -2.41. The minimum atomic E-state index is -3.74. The highest BCUT2D eigenvalue weighted by Crippen LogP contribution is 2.15. The van der Waals surface area contributed by atoms with Crippen LogP contribution in [0.15, 0.2) is 23.1 Å². The van der Waals surface area contributed by atoms with Crippen molar-refractivity contribution in [1.82, 2.24) is 14.9 Å². The summed E-state index contributed by atoms with van der Waals surface area (Å²) in [6.07, 6.45) is 0. The van der Waals surface area contributed by atoms with Crippen LogP contribution in [-0.4, -0.2) is 65.2 Å². The first-order valence-corrected chi connectivity index (χ1v) is 9.30. The lowest BCUT2D eigenvalue weighted by Gasteiger charge is -2.26. The van der Waals surface area contributed by atoms with E-state index < -0.39 is 21.7 Å². The summed E-state index contributed by atoms with van der Waals surface area (Å²) >= 11 is 0. The largest absolute Gasteiger partial charge is 0.379 e. The molecular weight excluding hydrogens is 337 g/mol. The van der Waals surface area contributed by atoms with Gasteiger partial charge in [0.15, 0.2) is 0 Å². The van der Waals surface area contributed by atoms with E-state index in [9.17, 15) is 17.6 Å². The molecule has 0 spiro atoms. The molecule has 0 aromatic heterocycles. The third-order valence-electron chi connectivity index (χ3n) is 3.64. The molecule has 9 heteroatoms. The zero-order chi connectivity index (χ0) is 17.6. The fourth-order valence-electron chi connectivity index (χ4n) is 2.37. The molecule has 134 valence electrons. The van der Waals surface area contributed by atoms with E-state index in [4.69, 9.17) is 4.74 Å². The molecule has 1 aliphatic heterocycles. The van der Waals surface area contributed by atoms with E-state index in [1.54, 1.807) is 6.92 Å². The molecule has 1 aromatic rings. The fourth-order valence-corrected chi connectivity index (χ4v) is 3.43. The summed E-state index contributed by atoms with van der Waals surface area (Å²) in [5.74, 6) is -1.39. The van der Waals surface area contributed by atoms with E-state index in [1.807, 2.05) is 0 Å². The number of rotatable bonds is 7. The molecule has 2 rings (SSSR count). The van der Waals surface area contributed by atoms with Crippen LogP contribution in [0.1, 0.15) is 17.3 Å². The predicted molar refractivity (Wildman–Crippen MR) is 86.9 cm³/mol. The van der Waals surface area contributed by atoms with Gasteiger partial charge < -0.3 is 10.1 Å². The standard InChI is InChI=1S/C15H22FN3O4S/c1-2-18-24(21,22)12-3-4-14(16)13(11-12)15(20)17-5-6-19-7-9-23-10-8-19/h3-4,11,18H,2,5-10H2,1H3,(H,17,20). The number of hydrogen-bond acceptors (Lipinski definition) is 5. The lowest BCUT2D eigenvalue weighted by atomic mass is 10.2. The van der Waals surface area contributed by atoms with Crippen molar-refractivity contribution in [3.8, 4) is 0 Å². The Morgan fingerprint density at radius 3 is 2.71 bits per heavy atom. The Morgan fingerprint density at radius 1 is 1.33 bits per heavy atom. The molecule has 1 amide bonds. The first kappa shape index (κ1) is 18.8. The van der Waals surface area contributed by atoms with Gasteiger partial charge in [-0.25, -0.2) is 17.5 Å². The first-order valence-electron chi connectivity index (χ1n) is 7.81. The van der Waals surface area contributed by atoms with Gasteiger partial charge in [-0.3, -0.25) is 9.69 Å². The minimum Gasteiger partial charge on any atom is -0.379 e. The Kier molecular flexibility index (Phi) is 6.67. The highest BCUT2D eigenvalue weighted by molar-refractivity contribution is 7.89. The molecule has 0 bridgehead atoms. The molecule has 2 N–H and O–H groups in total. The molecule has 0 radical (unpaired) electrons. The number of carbonyl (C=O) groups is 1. The number of nitrogens with one attached hydrogen (secondary N) is 2.